The van der Waals surface area contributed by atoms with Crippen LogP contribution in [0.2, 0.25) is 0 Å². The van der Waals surface area contributed by atoms with Crippen LogP contribution in [0.15, 0.2) is 60.7 Å². The molecule has 1 spiro atoms. The van der Waals surface area contributed by atoms with Crippen molar-refractivity contribution < 1.29 is 33.3 Å². The van der Waals surface area contributed by atoms with Crippen molar-refractivity contribution in [1.82, 2.24) is 16.0 Å². The summed E-state index contributed by atoms with van der Waals surface area (Å²) in [6.07, 6.45) is 1.06. The van der Waals surface area contributed by atoms with Gasteiger partial charge in [-0.15, -0.1) is 0 Å². The van der Waals surface area contributed by atoms with Gasteiger partial charge in [0.25, 0.3) is 11.8 Å². The molecule has 0 aliphatic carbocycles. The first kappa shape index (κ1) is 27.1. The highest BCUT2D eigenvalue weighted by Gasteiger charge is 2.42. The third-order valence-electron chi connectivity index (χ3n) is 6.97. The molecule has 6 bridgehead atoms. The normalized spacial score (nSPS) is 17.2. The molecule has 210 valence electrons. The zero-order valence-corrected chi connectivity index (χ0v) is 22.6. The Morgan fingerprint density at radius 3 is 2.25 bits per heavy atom. The number of amides is 2. The van der Waals surface area contributed by atoms with Gasteiger partial charge < -0.3 is 39.6 Å². The lowest BCUT2D eigenvalue weighted by atomic mass is 9.90. The molecule has 0 unspecified atom stereocenters. The van der Waals surface area contributed by atoms with Crippen LogP contribution in [0.5, 0.6) is 34.5 Å². The summed E-state index contributed by atoms with van der Waals surface area (Å²) >= 11 is 0. The molecule has 0 radical (unpaired) electrons. The van der Waals surface area contributed by atoms with Gasteiger partial charge in [-0.05, 0) is 67.7 Å². The Kier molecular flexibility index (Phi) is 8.26. The van der Waals surface area contributed by atoms with Gasteiger partial charge in [0.15, 0.2) is 17.1 Å². The molecule has 40 heavy (non-hydrogen) atoms. The first-order valence-corrected chi connectivity index (χ1v) is 13.2. The zero-order valence-electron chi connectivity index (χ0n) is 22.6. The molecular weight excluding hydrogens is 514 g/mol. The van der Waals surface area contributed by atoms with E-state index in [1.807, 2.05) is 6.07 Å². The van der Waals surface area contributed by atoms with Crippen molar-refractivity contribution in [2.45, 2.75) is 25.0 Å². The van der Waals surface area contributed by atoms with E-state index < -0.39 is 5.60 Å². The number of rotatable bonds is 2. The third-order valence-corrected chi connectivity index (χ3v) is 6.97. The van der Waals surface area contributed by atoms with Gasteiger partial charge in [0.1, 0.15) is 29.6 Å². The SMILES string of the molecule is COc1cc2ccc1CNC(=O)C1(CCNCC1)Oc1ccc(cc1)OCCNC(=O)c1ccc(OC)c(c1)O2. The van der Waals surface area contributed by atoms with Crippen LogP contribution in [0.3, 0.4) is 0 Å². The maximum atomic E-state index is 13.5. The van der Waals surface area contributed by atoms with Crippen molar-refractivity contribution in [2.75, 3.05) is 40.5 Å². The van der Waals surface area contributed by atoms with Crippen LogP contribution in [-0.4, -0.2) is 57.9 Å². The summed E-state index contributed by atoms with van der Waals surface area (Å²) in [6, 6.07) is 17.5. The highest BCUT2D eigenvalue weighted by molar-refractivity contribution is 5.95. The minimum absolute atomic E-state index is 0.184. The van der Waals surface area contributed by atoms with Crippen LogP contribution in [-0.2, 0) is 11.3 Å². The lowest BCUT2D eigenvalue weighted by Gasteiger charge is -2.36. The van der Waals surface area contributed by atoms with Gasteiger partial charge in [-0.3, -0.25) is 9.59 Å². The number of benzene rings is 3. The highest BCUT2D eigenvalue weighted by Crippen LogP contribution is 2.35. The number of carbonyl (C=O) groups excluding carboxylic acids is 2. The van der Waals surface area contributed by atoms with E-state index in [1.54, 1.807) is 61.7 Å². The molecule has 1 saturated heterocycles. The van der Waals surface area contributed by atoms with E-state index in [4.69, 9.17) is 23.7 Å². The molecule has 0 atom stereocenters. The van der Waals surface area contributed by atoms with Gasteiger partial charge >= 0.3 is 0 Å². The summed E-state index contributed by atoms with van der Waals surface area (Å²) in [5, 5.41) is 9.21. The number of ether oxygens (including phenoxy) is 5. The van der Waals surface area contributed by atoms with E-state index in [1.165, 1.54) is 7.11 Å². The Labute approximate surface area is 232 Å². The summed E-state index contributed by atoms with van der Waals surface area (Å²) in [6.45, 7) is 2.15. The van der Waals surface area contributed by atoms with Crippen LogP contribution in [0.25, 0.3) is 0 Å². The molecule has 5 heterocycles. The topological polar surface area (TPSA) is 116 Å². The molecule has 3 aromatic rings. The average molecular weight is 548 g/mol. The highest BCUT2D eigenvalue weighted by atomic mass is 16.5. The van der Waals surface area contributed by atoms with Gasteiger partial charge in [-0.1, -0.05) is 0 Å². The van der Waals surface area contributed by atoms with E-state index in [9.17, 15) is 9.59 Å². The largest absolute Gasteiger partial charge is 0.496 e. The molecule has 5 aliphatic rings. The van der Waals surface area contributed by atoms with E-state index >= 15 is 0 Å². The maximum absolute atomic E-state index is 13.5. The number of piperidine rings is 1. The van der Waals surface area contributed by atoms with Gasteiger partial charge in [-0.2, -0.15) is 0 Å². The third kappa shape index (κ3) is 6.07. The standard InChI is InChI=1S/C30H33N3O7/c1-36-25-10-4-20-17-27(25)39-24-5-3-21(26(18-24)37-2)19-33-29(35)30(11-13-31-14-12-30)40-23-8-6-22(7-9-23)38-16-15-32-28(20)34/h3-10,17-18,31H,11-16,19H2,1-2H3,(H,32,34)(H,33,35). The van der Waals surface area contributed by atoms with E-state index in [-0.39, 0.29) is 25.0 Å². The molecule has 10 nitrogen and oxygen atoms in total. The first-order valence-electron chi connectivity index (χ1n) is 13.2. The smallest absolute Gasteiger partial charge is 0.264 e. The summed E-state index contributed by atoms with van der Waals surface area (Å²) < 4.78 is 29.3. The van der Waals surface area contributed by atoms with Crippen LogP contribution < -0.4 is 39.6 Å². The minimum Gasteiger partial charge on any atom is -0.496 e. The van der Waals surface area contributed by atoms with E-state index in [0.29, 0.717) is 72.5 Å². The fraction of sp³-hybridized carbons (Fsp3) is 0.333. The second kappa shape index (κ2) is 12.2. The summed E-state index contributed by atoms with van der Waals surface area (Å²) in [5.41, 5.74) is 0.181. The monoisotopic (exact) mass is 547 g/mol. The lowest BCUT2D eigenvalue weighted by Crippen LogP contribution is -2.56. The Morgan fingerprint density at radius 1 is 0.775 bits per heavy atom. The van der Waals surface area contributed by atoms with Gasteiger partial charge in [-0.25, -0.2) is 0 Å². The van der Waals surface area contributed by atoms with Crippen molar-refractivity contribution in [3.05, 3.63) is 71.8 Å². The molecule has 2 amide bonds. The van der Waals surface area contributed by atoms with Crippen LogP contribution >= 0.6 is 0 Å². The second-order valence-electron chi connectivity index (χ2n) is 9.55. The molecule has 0 saturated carbocycles. The maximum Gasteiger partial charge on any atom is 0.264 e. The molecule has 3 N–H and O–H groups in total. The van der Waals surface area contributed by atoms with Crippen LogP contribution in [0, 0.1) is 0 Å². The number of methoxy groups -OCH3 is 2. The van der Waals surface area contributed by atoms with Gasteiger partial charge in [0.05, 0.1) is 20.8 Å². The Morgan fingerprint density at radius 2 is 1.50 bits per heavy atom. The van der Waals surface area contributed by atoms with Gasteiger partial charge in [0.2, 0.25) is 0 Å². The van der Waals surface area contributed by atoms with Crippen molar-refractivity contribution in [2.24, 2.45) is 0 Å². The molecule has 8 rings (SSSR count). The Bertz CT molecular complexity index is 1350. The number of hydrogen-bond donors (Lipinski definition) is 3. The van der Waals surface area contributed by atoms with E-state index in [0.717, 1.165) is 5.56 Å². The number of hydrogen-bond acceptors (Lipinski definition) is 8. The number of nitrogens with one attached hydrogen (secondary N) is 3. The predicted octanol–water partition coefficient (Wildman–Crippen LogP) is 3.44. The second-order valence-corrected chi connectivity index (χ2v) is 9.55. The lowest BCUT2D eigenvalue weighted by molar-refractivity contribution is -0.139. The number of carbonyl (C=O) groups is 2. The first-order chi connectivity index (χ1) is 19.5. The van der Waals surface area contributed by atoms with Crippen molar-refractivity contribution in [3.8, 4) is 34.5 Å². The fourth-order valence-corrected chi connectivity index (χ4v) is 4.77. The zero-order chi connectivity index (χ0) is 28.0. The molecular formula is C30H33N3O7. The average Bonchev–Trinajstić information content (AvgIpc) is 2.99. The Balaban J connectivity index is 1.46. The quantitative estimate of drug-likeness (QED) is 0.447. The van der Waals surface area contributed by atoms with Gasteiger partial charge in [0, 0.05) is 36.6 Å². The fourth-order valence-electron chi connectivity index (χ4n) is 4.77. The molecule has 5 aliphatic heterocycles. The Hall–Kier alpha value is -4.44. The summed E-state index contributed by atoms with van der Waals surface area (Å²) in [7, 11) is 3.09. The minimum atomic E-state index is -1.01. The van der Waals surface area contributed by atoms with Crippen molar-refractivity contribution in [1.29, 1.82) is 0 Å². The van der Waals surface area contributed by atoms with Crippen molar-refractivity contribution >= 4 is 11.8 Å². The van der Waals surface area contributed by atoms with Crippen LogP contribution in [0.1, 0.15) is 28.8 Å². The van der Waals surface area contributed by atoms with Crippen LogP contribution in [0.4, 0.5) is 0 Å². The molecule has 1 fully saturated rings. The molecule has 10 heteroatoms. The summed E-state index contributed by atoms with van der Waals surface area (Å²) in [5.74, 6) is 2.64. The predicted molar refractivity (Wildman–Crippen MR) is 148 cm³/mol. The van der Waals surface area contributed by atoms with Crippen molar-refractivity contribution in [3.63, 3.8) is 0 Å². The summed E-state index contributed by atoms with van der Waals surface area (Å²) in [4.78, 5) is 26.3. The van der Waals surface area contributed by atoms with E-state index in [2.05, 4.69) is 16.0 Å². The molecule has 0 aromatic heterocycles. The molecule has 3 aromatic carbocycles.